The van der Waals surface area contributed by atoms with Crippen LogP contribution in [0.15, 0.2) is 59.8 Å². The first-order valence-corrected chi connectivity index (χ1v) is 12.1. The summed E-state index contributed by atoms with van der Waals surface area (Å²) in [5, 5.41) is 0. The Morgan fingerprint density at radius 3 is 2.38 bits per heavy atom. The van der Waals surface area contributed by atoms with Crippen LogP contribution in [0.25, 0.3) is 0 Å². The summed E-state index contributed by atoms with van der Waals surface area (Å²) in [5.74, 6) is 3.49. The second kappa shape index (κ2) is 11.3. The van der Waals surface area contributed by atoms with Crippen LogP contribution in [-0.4, -0.2) is 60.8 Å². The van der Waals surface area contributed by atoms with Crippen LogP contribution in [0.5, 0.6) is 0 Å². The number of anilines is 1. The topological polar surface area (TPSA) is 45.1 Å². The first kappa shape index (κ1) is 25.5. The van der Waals surface area contributed by atoms with Crippen molar-refractivity contribution in [3.63, 3.8) is 0 Å². The molecule has 34 heavy (non-hydrogen) atoms. The Balaban J connectivity index is 1.87. The van der Waals surface area contributed by atoms with E-state index in [2.05, 4.69) is 17.4 Å². The van der Waals surface area contributed by atoms with Crippen molar-refractivity contribution < 1.29 is 27.1 Å². The lowest BCUT2D eigenvalue weighted by Crippen LogP contribution is -2.47. The van der Waals surface area contributed by atoms with Crippen LogP contribution < -0.4 is 4.90 Å². The zero-order valence-corrected chi connectivity index (χ0v) is 19.5. The summed E-state index contributed by atoms with van der Waals surface area (Å²) in [6.45, 7) is 4.08. The lowest BCUT2D eigenvalue weighted by molar-refractivity contribution is 0.134. The Morgan fingerprint density at radius 1 is 1.18 bits per heavy atom. The summed E-state index contributed by atoms with van der Waals surface area (Å²) in [6.07, 6.45) is -2.91. The lowest BCUT2D eigenvalue weighted by atomic mass is 10.1. The van der Waals surface area contributed by atoms with Gasteiger partial charge in [-0.15, -0.1) is 0 Å². The molecule has 182 valence electrons. The van der Waals surface area contributed by atoms with E-state index in [0.29, 0.717) is 18.8 Å². The number of benzene rings is 2. The lowest BCUT2D eigenvalue weighted by Gasteiger charge is -2.34. The molecule has 1 heterocycles. The van der Waals surface area contributed by atoms with Crippen LogP contribution in [0.2, 0.25) is 0 Å². The Kier molecular flexibility index (Phi) is 8.49. The van der Waals surface area contributed by atoms with Gasteiger partial charge < -0.3 is 9.64 Å². The van der Waals surface area contributed by atoms with Gasteiger partial charge in [-0.1, -0.05) is 18.5 Å². The standard InChI is InChI=1S/C24H25F4N3O2S/c1-16(22(27)28)33-23(29-2)17-4-5-18(21(26)14-17)15-31(20-8-6-19(25)7-9-20)24(32)30-10-12-34(3)13-11-30/h4-9,14,22H,1,3,10-13,15H2,2H3. The predicted octanol–water partition coefficient (Wildman–Crippen LogP) is 5.28. The van der Waals surface area contributed by atoms with Crippen LogP contribution >= 0.6 is 10.5 Å². The van der Waals surface area contributed by atoms with E-state index < -0.39 is 23.8 Å². The number of allylic oxidation sites excluding steroid dienone is 1. The largest absolute Gasteiger partial charge is 0.438 e. The Bertz CT molecular complexity index is 1100. The number of halogens is 4. The highest BCUT2D eigenvalue weighted by Crippen LogP contribution is 2.24. The predicted molar refractivity (Wildman–Crippen MR) is 129 cm³/mol. The molecule has 0 radical (unpaired) electrons. The molecule has 0 spiro atoms. The molecule has 1 saturated heterocycles. The quantitative estimate of drug-likeness (QED) is 0.180. The molecule has 5 nitrogen and oxygen atoms in total. The van der Waals surface area contributed by atoms with Gasteiger partial charge in [-0.05, 0) is 36.4 Å². The fraction of sp³-hybridized carbons (Fsp3) is 0.292. The van der Waals surface area contributed by atoms with Gasteiger partial charge in [0.05, 0.1) is 6.54 Å². The molecule has 2 aromatic carbocycles. The zero-order chi connectivity index (χ0) is 24.8. The summed E-state index contributed by atoms with van der Waals surface area (Å²) in [4.78, 5) is 20.2. The molecule has 0 aliphatic carbocycles. The molecule has 2 amide bonds. The normalized spacial score (nSPS) is 14.9. The highest BCUT2D eigenvalue weighted by Gasteiger charge is 2.26. The van der Waals surface area contributed by atoms with E-state index in [-0.39, 0.29) is 40.1 Å². The van der Waals surface area contributed by atoms with Gasteiger partial charge in [-0.3, -0.25) is 9.89 Å². The molecule has 0 saturated carbocycles. The summed E-state index contributed by atoms with van der Waals surface area (Å²) >= 11 is 0. The smallest absolute Gasteiger partial charge is 0.324 e. The summed E-state index contributed by atoms with van der Waals surface area (Å²) in [5.41, 5.74) is 0.739. The van der Waals surface area contributed by atoms with E-state index in [1.807, 2.05) is 0 Å². The molecule has 2 aromatic rings. The third-order valence-corrected chi connectivity index (χ3v) is 6.76. The van der Waals surface area contributed by atoms with Gasteiger partial charge in [-0.25, -0.2) is 22.4 Å². The first-order valence-electron chi connectivity index (χ1n) is 10.4. The minimum atomic E-state index is -2.91. The molecular weight excluding hydrogens is 470 g/mol. The fourth-order valence-electron chi connectivity index (χ4n) is 3.33. The number of rotatable bonds is 6. The van der Waals surface area contributed by atoms with Gasteiger partial charge in [-0.2, -0.15) is 10.5 Å². The van der Waals surface area contributed by atoms with Crippen molar-refractivity contribution in [1.82, 2.24) is 4.90 Å². The van der Waals surface area contributed by atoms with Gasteiger partial charge in [0, 0.05) is 48.5 Å². The number of hydrogen-bond donors (Lipinski definition) is 0. The van der Waals surface area contributed by atoms with Crippen molar-refractivity contribution in [2.24, 2.45) is 4.99 Å². The van der Waals surface area contributed by atoms with Crippen LogP contribution in [-0.2, 0) is 11.3 Å². The van der Waals surface area contributed by atoms with E-state index in [0.717, 1.165) is 17.6 Å². The minimum Gasteiger partial charge on any atom is -0.438 e. The molecule has 1 fully saturated rings. The number of urea groups is 1. The van der Waals surface area contributed by atoms with Gasteiger partial charge >= 0.3 is 6.03 Å². The Labute approximate surface area is 198 Å². The highest BCUT2D eigenvalue weighted by molar-refractivity contribution is 8.14. The number of carbonyl (C=O) groups excluding carboxylic acids is 1. The number of hydrogen-bond acceptors (Lipinski definition) is 3. The maximum Gasteiger partial charge on any atom is 0.324 e. The number of nitrogens with zero attached hydrogens (tertiary/aromatic N) is 3. The average molecular weight is 496 g/mol. The van der Waals surface area contributed by atoms with E-state index in [1.54, 1.807) is 4.90 Å². The van der Waals surface area contributed by atoms with E-state index in [1.165, 1.54) is 48.3 Å². The number of carbonyl (C=O) groups is 1. The molecule has 0 bridgehead atoms. The SMILES string of the molecule is C=C(OC(=NC)c1ccc(CN(C(=O)N2CCS(=C)CC2)c2ccc(F)cc2)c(F)c1)C(F)F. The summed E-state index contributed by atoms with van der Waals surface area (Å²) in [6, 6.07) is 9.05. The van der Waals surface area contributed by atoms with E-state index in [4.69, 9.17) is 4.74 Å². The molecule has 3 rings (SSSR count). The van der Waals surface area contributed by atoms with Gasteiger partial charge in [0.2, 0.25) is 5.90 Å². The maximum absolute atomic E-state index is 15.0. The summed E-state index contributed by atoms with van der Waals surface area (Å²) in [7, 11) is 1.33. The van der Waals surface area contributed by atoms with Crippen LogP contribution in [0, 0.1) is 11.6 Å². The van der Waals surface area contributed by atoms with Crippen LogP contribution in [0.3, 0.4) is 0 Å². The first-order chi connectivity index (χ1) is 16.2. The zero-order valence-electron chi connectivity index (χ0n) is 18.6. The number of alkyl halides is 2. The van der Waals surface area contributed by atoms with Crippen molar-refractivity contribution in [3.05, 3.63) is 77.6 Å². The molecule has 10 heteroatoms. The molecule has 0 atom stereocenters. The molecule has 0 unspecified atom stereocenters. The molecular formula is C24H25F4N3O2S. The maximum atomic E-state index is 15.0. The Morgan fingerprint density at radius 2 is 1.82 bits per heavy atom. The molecule has 1 aliphatic heterocycles. The van der Waals surface area contributed by atoms with Crippen LogP contribution in [0.4, 0.5) is 28.0 Å². The third kappa shape index (κ3) is 6.25. The number of aliphatic imine (C=N–C) groups is 1. The second-order valence-electron chi connectivity index (χ2n) is 7.56. The average Bonchev–Trinajstić information content (AvgIpc) is 2.82. The second-order valence-corrected chi connectivity index (χ2v) is 9.60. The highest BCUT2D eigenvalue weighted by atomic mass is 32.2. The fourth-order valence-corrected chi connectivity index (χ4v) is 4.49. The van der Waals surface area contributed by atoms with Crippen molar-refractivity contribution in [3.8, 4) is 0 Å². The van der Waals surface area contributed by atoms with Crippen molar-refractivity contribution >= 4 is 34.0 Å². The van der Waals surface area contributed by atoms with Gasteiger partial charge in [0.15, 0.2) is 5.76 Å². The van der Waals surface area contributed by atoms with Crippen molar-refractivity contribution in [1.29, 1.82) is 0 Å². The monoisotopic (exact) mass is 495 g/mol. The van der Waals surface area contributed by atoms with Crippen molar-refractivity contribution in [2.45, 2.75) is 13.0 Å². The van der Waals surface area contributed by atoms with Crippen molar-refractivity contribution in [2.75, 3.05) is 36.5 Å². The van der Waals surface area contributed by atoms with E-state index in [9.17, 15) is 18.0 Å². The van der Waals surface area contributed by atoms with Gasteiger partial charge in [0.25, 0.3) is 6.43 Å². The van der Waals surface area contributed by atoms with Gasteiger partial charge in [0.1, 0.15) is 11.6 Å². The number of amides is 2. The van der Waals surface area contributed by atoms with E-state index >= 15 is 4.39 Å². The molecule has 1 aliphatic rings. The molecule has 0 aromatic heterocycles. The third-order valence-electron chi connectivity index (χ3n) is 5.24. The van der Waals surface area contributed by atoms with Crippen LogP contribution in [0.1, 0.15) is 11.1 Å². The Hall–Kier alpha value is -3.14. The minimum absolute atomic E-state index is 0.00626. The molecule has 0 N–H and O–H groups in total. The number of ether oxygens (including phenoxy) is 1. The summed E-state index contributed by atoms with van der Waals surface area (Å²) < 4.78 is 59.0.